The molecule has 1 aromatic heterocycles. The van der Waals surface area contributed by atoms with Crippen molar-refractivity contribution in [2.75, 3.05) is 19.7 Å². The molecular formula is C16H20N4O4S. The van der Waals surface area contributed by atoms with Crippen molar-refractivity contribution in [3.8, 4) is 0 Å². The fraction of sp³-hybridized carbons (Fsp3) is 0.438. The molecular weight excluding hydrogens is 344 g/mol. The number of nitrogens with zero attached hydrogens (tertiary/aromatic N) is 4. The van der Waals surface area contributed by atoms with Gasteiger partial charge in [0, 0.05) is 13.1 Å². The van der Waals surface area contributed by atoms with Crippen LogP contribution in [0.15, 0.2) is 29.3 Å². The summed E-state index contributed by atoms with van der Waals surface area (Å²) in [5.41, 5.74) is 2.11. The van der Waals surface area contributed by atoms with Crippen LogP contribution in [-0.4, -0.2) is 53.4 Å². The fourth-order valence-corrected chi connectivity index (χ4v) is 4.16. The van der Waals surface area contributed by atoms with Gasteiger partial charge in [0.25, 0.3) is 0 Å². The highest BCUT2D eigenvalue weighted by Gasteiger charge is 2.38. The average molecular weight is 364 g/mol. The van der Waals surface area contributed by atoms with Crippen LogP contribution in [-0.2, 0) is 14.8 Å². The van der Waals surface area contributed by atoms with Gasteiger partial charge < -0.3 is 4.74 Å². The van der Waals surface area contributed by atoms with Gasteiger partial charge in [0.05, 0.1) is 23.7 Å². The Hall–Kier alpha value is -2.26. The number of aromatic nitrogens is 3. The molecule has 1 aliphatic rings. The van der Waals surface area contributed by atoms with Crippen molar-refractivity contribution in [2.45, 2.75) is 31.7 Å². The zero-order valence-electron chi connectivity index (χ0n) is 14.3. The monoisotopic (exact) mass is 364 g/mol. The molecule has 3 rings (SSSR count). The van der Waals surface area contributed by atoms with Crippen LogP contribution in [0, 0.1) is 13.8 Å². The second-order valence-corrected chi connectivity index (χ2v) is 7.96. The molecule has 2 aromatic rings. The van der Waals surface area contributed by atoms with E-state index in [0.717, 1.165) is 11.1 Å². The summed E-state index contributed by atoms with van der Waals surface area (Å²) in [6.07, 6.45) is 1.49. The topological polar surface area (TPSA) is 94.4 Å². The van der Waals surface area contributed by atoms with Gasteiger partial charge in [-0.2, -0.15) is 4.31 Å². The van der Waals surface area contributed by atoms with Gasteiger partial charge in [-0.15, -0.1) is 5.10 Å². The van der Waals surface area contributed by atoms with E-state index in [2.05, 4.69) is 10.3 Å². The number of hydrogen-bond acceptors (Lipinski definition) is 6. The van der Waals surface area contributed by atoms with Crippen molar-refractivity contribution >= 4 is 16.0 Å². The molecule has 0 aliphatic carbocycles. The number of rotatable bonds is 5. The largest absolute Gasteiger partial charge is 0.461 e. The molecule has 1 saturated heterocycles. The first-order chi connectivity index (χ1) is 11.8. The smallest absolute Gasteiger partial charge is 0.360 e. The van der Waals surface area contributed by atoms with Gasteiger partial charge in [0.2, 0.25) is 10.0 Å². The van der Waals surface area contributed by atoms with E-state index in [1.54, 1.807) is 19.1 Å². The van der Waals surface area contributed by atoms with Crippen LogP contribution in [0.25, 0.3) is 0 Å². The summed E-state index contributed by atoms with van der Waals surface area (Å²) in [5, 5.41) is 7.68. The highest BCUT2D eigenvalue weighted by Crippen LogP contribution is 2.28. The zero-order chi connectivity index (χ0) is 18.2. The maximum atomic E-state index is 12.7. The van der Waals surface area contributed by atoms with Crippen molar-refractivity contribution in [1.29, 1.82) is 0 Å². The van der Waals surface area contributed by atoms with Crippen molar-refractivity contribution < 1.29 is 17.9 Å². The molecule has 2 heterocycles. The number of sulfonamides is 1. The van der Waals surface area contributed by atoms with Crippen molar-refractivity contribution in [3.05, 3.63) is 41.2 Å². The molecule has 25 heavy (non-hydrogen) atoms. The normalized spacial score (nSPS) is 15.8. The molecule has 0 radical (unpaired) electrons. The lowest BCUT2D eigenvalue weighted by molar-refractivity contribution is 0.0519. The van der Waals surface area contributed by atoms with Crippen LogP contribution in [0.1, 0.15) is 34.6 Å². The molecule has 0 atom stereocenters. The van der Waals surface area contributed by atoms with Crippen molar-refractivity contribution in [1.82, 2.24) is 19.3 Å². The predicted molar refractivity (Wildman–Crippen MR) is 89.7 cm³/mol. The van der Waals surface area contributed by atoms with E-state index in [-0.39, 0.29) is 18.3 Å². The Bertz CT molecular complexity index is 901. The number of esters is 1. The van der Waals surface area contributed by atoms with Crippen molar-refractivity contribution in [2.24, 2.45) is 0 Å². The van der Waals surface area contributed by atoms with Gasteiger partial charge in [0.15, 0.2) is 5.69 Å². The number of aryl methyl sites for hydroxylation is 2. The van der Waals surface area contributed by atoms with E-state index in [1.807, 2.05) is 19.9 Å². The van der Waals surface area contributed by atoms with Gasteiger partial charge >= 0.3 is 5.97 Å². The van der Waals surface area contributed by atoms with Crippen LogP contribution in [0.2, 0.25) is 0 Å². The van der Waals surface area contributed by atoms with E-state index < -0.39 is 16.0 Å². The van der Waals surface area contributed by atoms with Gasteiger partial charge in [-0.05, 0) is 44.0 Å². The molecule has 1 aliphatic heterocycles. The van der Waals surface area contributed by atoms with Crippen LogP contribution in [0.4, 0.5) is 0 Å². The van der Waals surface area contributed by atoms with Gasteiger partial charge in [-0.25, -0.2) is 17.9 Å². The highest BCUT2D eigenvalue weighted by atomic mass is 32.2. The van der Waals surface area contributed by atoms with Crippen LogP contribution in [0.3, 0.4) is 0 Å². The molecule has 0 spiro atoms. The summed E-state index contributed by atoms with van der Waals surface area (Å²) in [6, 6.07) is 4.98. The van der Waals surface area contributed by atoms with Crippen LogP contribution in [0.5, 0.6) is 0 Å². The van der Waals surface area contributed by atoms with Crippen LogP contribution < -0.4 is 0 Å². The van der Waals surface area contributed by atoms with E-state index in [1.165, 1.54) is 15.2 Å². The average Bonchev–Trinajstić information content (AvgIpc) is 2.98. The molecule has 0 unspecified atom stereocenters. The maximum absolute atomic E-state index is 12.7. The van der Waals surface area contributed by atoms with E-state index >= 15 is 0 Å². The molecule has 0 N–H and O–H groups in total. The van der Waals surface area contributed by atoms with Gasteiger partial charge in [0.1, 0.15) is 0 Å². The summed E-state index contributed by atoms with van der Waals surface area (Å²) in [4.78, 5) is 11.9. The lowest BCUT2D eigenvalue weighted by atomic mass is 10.1. The molecule has 0 bridgehead atoms. The summed E-state index contributed by atoms with van der Waals surface area (Å²) < 4.78 is 33.1. The lowest BCUT2D eigenvalue weighted by Crippen LogP contribution is -2.50. The fourth-order valence-electron chi connectivity index (χ4n) is 2.56. The predicted octanol–water partition coefficient (Wildman–Crippen LogP) is 1.32. The van der Waals surface area contributed by atoms with Crippen LogP contribution >= 0.6 is 0 Å². The Balaban J connectivity index is 1.69. The zero-order valence-corrected chi connectivity index (χ0v) is 15.2. The first-order valence-corrected chi connectivity index (χ1v) is 9.43. The molecule has 0 saturated carbocycles. The maximum Gasteiger partial charge on any atom is 0.360 e. The number of carbonyl (C=O) groups excluding carboxylic acids is 1. The Morgan fingerprint density at radius 1 is 1.28 bits per heavy atom. The van der Waals surface area contributed by atoms with E-state index in [9.17, 15) is 13.2 Å². The minimum absolute atomic E-state index is 0.123. The number of hydrogen-bond donors (Lipinski definition) is 0. The van der Waals surface area contributed by atoms with Crippen molar-refractivity contribution in [3.63, 3.8) is 0 Å². The first-order valence-electron chi connectivity index (χ1n) is 7.99. The first kappa shape index (κ1) is 17.6. The molecule has 8 nitrogen and oxygen atoms in total. The van der Waals surface area contributed by atoms with E-state index in [0.29, 0.717) is 18.0 Å². The second kappa shape index (κ2) is 6.57. The summed E-state index contributed by atoms with van der Waals surface area (Å²) in [6.45, 7) is 6.39. The Morgan fingerprint density at radius 2 is 2.00 bits per heavy atom. The minimum Gasteiger partial charge on any atom is -0.461 e. The second-order valence-electron chi connectivity index (χ2n) is 6.03. The molecule has 134 valence electrons. The molecule has 1 fully saturated rings. The van der Waals surface area contributed by atoms with E-state index in [4.69, 9.17) is 4.74 Å². The SMILES string of the molecule is CCOC(=O)c1cn(C2CN(S(=O)(=O)c3ccc(C)c(C)c3)C2)nn1. The quantitative estimate of drug-likeness (QED) is 0.743. The Labute approximate surface area is 146 Å². The molecule has 9 heteroatoms. The number of carbonyl (C=O) groups is 1. The Morgan fingerprint density at radius 3 is 2.64 bits per heavy atom. The van der Waals surface area contributed by atoms with Gasteiger partial charge in [-0.1, -0.05) is 11.3 Å². The van der Waals surface area contributed by atoms with Gasteiger partial charge in [-0.3, -0.25) is 0 Å². The lowest BCUT2D eigenvalue weighted by Gasteiger charge is -2.37. The minimum atomic E-state index is -3.52. The highest BCUT2D eigenvalue weighted by molar-refractivity contribution is 7.89. The summed E-state index contributed by atoms with van der Waals surface area (Å²) >= 11 is 0. The Kier molecular flexibility index (Phi) is 4.61. The number of ether oxygens (including phenoxy) is 1. The third-order valence-electron chi connectivity index (χ3n) is 4.31. The standard InChI is InChI=1S/C16H20N4O4S/c1-4-24-16(21)15-10-20(18-17-15)13-8-19(9-13)25(22,23)14-6-5-11(2)12(3)7-14/h5-7,10,13H,4,8-9H2,1-3H3. The molecule has 1 aromatic carbocycles. The third kappa shape index (κ3) is 3.29. The summed E-state index contributed by atoms with van der Waals surface area (Å²) in [7, 11) is -3.52. The third-order valence-corrected chi connectivity index (χ3v) is 6.14. The number of benzene rings is 1. The summed E-state index contributed by atoms with van der Waals surface area (Å²) in [5.74, 6) is -0.535. The molecule has 0 amide bonds.